The average Bonchev–Trinajstić information content (AvgIpc) is 3.10. The van der Waals surface area contributed by atoms with E-state index >= 15 is 0 Å². The summed E-state index contributed by atoms with van der Waals surface area (Å²) >= 11 is 1.82. The van der Waals surface area contributed by atoms with Gasteiger partial charge in [-0.25, -0.2) is 3.63 Å². The van der Waals surface area contributed by atoms with E-state index in [0.29, 0.717) is 17.3 Å². The van der Waals surface area contributed by atoms with Crippen molar-refractivity contribution in [3.05, 3.63) is 29.8 Å². The van der Waals surface area contributed by atoms with E-state index in [1.807, 2.05) is 18.7 Å². The predicted octanol–water partition coefficient (Wildman–Crippen LogP) is 3.93. The molecule has 1 aromatic rings. The van der Waals surface area contributed by atoms with E-state index in [1.54, 1.807) is 24.3 Å². The van der Waals surface area contributed by atoms with Gasteiger partial charge in [0.25, 0.3) is 0 Å². The zero-order chi connectivity index (χ0) is 17.9. The molecule has 0 unspecified atom stereocenters. The monoisotopic (exact) mass is 402 g/mol. The summed E-state index contributed by atoms with van der Waals surface area (Å²) in [5.74, 6) is 3.78. The summed E-state index contributed by atoms with van der Waals surface area (Å²) < 4.78 is 31.4. The number of benzene rings is 1. The Balaban J connectivity index is 1.80. The lowest BCUT2D eigenvalue weighted by atomic mass is 10.0. The number of aryl methyl sites for hydroxylation is 1. The fraction of sp³-hybridized carbons (Fsp3) is 0.611. The fourth-order valence-corrected chi connectivity index (χ4v) is 11.3. The van der Waals surface area contributed by atoms with E-state index in [2.05, 4.69) is 0 Å². The van der Waals surface area contributed by atoms with E-state index in [9.17, 15) is 13.2 Å². The third-order valence-corrected chi connectivity index (χ3v) is 11.9. The zero-order valence-corrected chi connectivity index (χ0v) is 17.1. The third kappa shape index (κ3) is 4.81. The molecule has 1 heterocycles. The summed E-state index contributed by atoms with van der Waals surface area (Å²) in [5.41, 5.74) is 1.01. The summed E-state index contributed by atoms with van der Waals surface area (Å²) in [5, 5.41) is 0. The normalized spacial score (nSPS) is 22.6. The SMILES string of the molecule is Cc1ccc(S(=O)(=O)OS2(CC(=O)C3CCCC3)CCSCC2)cc1. The first-order valence-corrected chi connectivity index (χ1v) is 13.4. The Hall–Kier alpha value is -0.500. The van der Waals surface area contributed by atoms with Gasteiger partial charge in [-0.1, -0.05) is 30.5 Å². The van der Waals surface area contributed by atoms with Gasteiger partial charge in [-0.2, -0.15) is 20.2 Å². The Morgan fingerprint density at radius 1 is 1.16 bits per heavy atom. The topological polar surface area (TPSA) is 60.4 Å². The number of carbonyl (C=O) groups is 1. The summed E-state index contributed by atoms with van der Waals surface area (Å²) in [7, 11) is -5.74. The molecule has 1 saturated carbocycles. The number of carbonyl (C=O) groups excluding carboxylic acids is 1. The van der Waals surface area contributed by atoms with Gasteiger partial charge in [0.1, 0.15) is 5.78 Å². The first-order valence-electron chi connectivity index (χ1n) is 8.80. The maximum atomic E-state index is 12.8. The van der Waals surface area contributed by atoms with Gasteiger partial charge in [-0.05, 0) is 31.9 Å². The lowest BCUT2D eigenvalue weighted by Gasteiger charge is -2.41. The van der Waals surface area contributed by atoms with Crippen molar-refractivity contribution in [1.29, 1.82) is 0 Å². The fourth-order valence-electron chi connectivity index (χ4n) is 3.42. The highest BCUT2D eigenvalue weighted by Crippen LogP contribution is 2.55. The first kappa shape index (κ1) is 19.3. The van der Waals surface area contributed by atoms with E-state index in [0.717, 1.165) is 42.8 Å². The van der Waals surface area contributed by atoms with Crippen LogP contribution in [0.5, 0.6) is 0 Å². The summed E-state index contributed by atoms with van der Waals surface area (Å²) in [4.78, 5) is 12.9. The Labute approximate surface area is 156 Å². The Morgan fingerprint density at radius 3 is 2.36 bits per heavy atom. The molecule has 140 valence electrons. The van der Waals surface area contributed by atoms with Gasteiger partial charge < -0.3 is 0 Å². The molecule has 0 atom stereocenters. The number of hydrogen-bond acceptors (Lipinski definition) is 5. The molecule has 1 aliphatic heterocycles. The molecule has 0 spiro atoms. The minimum atomic E-state index is -3.83. The average molecular weight is 403 g/mol. The standard InChI is InChI=1S/C18H26O4S3/c1-15-6-8-17(9-7-15)25(20,21)22-24(12-10-23-11-13-24)14-18(19)16-4-2-3-5-16/h6-9,16H,2-5,10-14H2,1H3. The van der Waals surface area contributed by atoms with E-state index in [1.165, 1.54) is 0 Å². The van der Waals surface area contributed by atoms with Crippen LogP contribution in [-0.4, -0.2) is 43.0 Å². The molecule has 3 rings (SSSR count). The van der Waals surface area contributed by atoms with Gasteiger partial charge in [0.15, 0.2) is 0 Å². The van der Waals surface area contributed by atoms with E-state index in [4.69, 9.17) is 3.63 Å². The van der Waals surface area contributed by atoms with Crippen LogP contribution in [0.15, 0.2) is 29.2 Å². The summed E-state index contributed by atoms with van der Waals surface area (Å²) in [6.07, 6.45) is 4.12. The lowest BCUT2D eigenvalue weighted by Crippen LogP contribution is -2.31. The molecular formula is C18H26O4S3. The Kier molecular flexibility index (Phi) is 6.19. The lowest BCUT2D eigenvalue weighted by molar-refractivity contribution is -0.120. The van der Waals surface area contributed by atoms with Gasteiger partial charge in [0.05, 0.1) is 10.6 Å². The number of thioether (sulfide) groups is 1. The van der Waals surface area contributed by atoms with Crippen molar-refractivity contribution in [1.82, 2.24) is 0 Å². The van der Waals surface area contributed by atoms with Crippen LogP contribution in [0.1, 0.15) is 31.2 Å². The van der Waals surface area contributed by atoms with Crippen molar-refractivity contribution in [2.45, 2.75) is 37.5 Å². The molecular weight excluding hydrogens is 376 g/mol. The van der Waals surface area contributed by atoms with Crippen LogP contribution in [-0.2, 0) is 18.5 Å². The number of rotatable bonds is 6. The molecule has 1 saturated heterocycles. The van der Waals surface area contributed by atoms with E-state index in [-0.39, 0.29) is 16.6 Å². The maximum absolute atomic E-state index is 12.8. The first-order chi connectivity index (χ1) is 11.9. The van der Waals surface area contributed by atoms with Crippen molar-refractivity contribution in [2.75, 3.05) is 28.8 Å². The Morgan fingerprint density at radius 2 is 1.76 bits per heavy atom. The van der Waals surface area contributed by atoms with Gasteiger partial charge >= 0.3 is 10.1 Å². The molecule has 1 aliphatic carbocycles. The molecule has 7 heteroatoms. The number of Topliss-reactive ketones (excluding diaryl/α,β-unsaturated/α-hetero) is 1. The minimum absolute atomic E-state index is 0.115. The zero-order valence-electron chi connectivity index (χ0n) is 14.6. The second-order valence-electron chi connectivity index (χ2n) is 6.91. The maximum Gasteiger partial charge on any atom is 0.306 e. The number of ketones is 1. The third-order valence-electron chi connectivity index (χ3n) is 4.96. The van der Waals surface area contributed by atoms with Crippen LogP contribution in [0.2, 0.25) is 0 Å². The van der Waals surface area contributed by atoms with Gasteiger partial charge in [0, 0.05) is 28.9 Å². The largest absolute Gasteiger partial charge is 0.306 e. The smallest absolute Gasteiger partial charge is 0.298 e. The van der Waals surface area contributed by atoms with Crippen LogP contribution in [0.25, 0.3) is 0 Å². The number of hydrogen-bond donors (Lipinski definition) is 0. The van der Waals surface area contributed by atoms with Gasteiger partial charge in [-0.15, -0.1) is 10.3 Å². The van der Waals surface area contributed by atoms with Crippen LogP contribution < -0.4 is 0 Å². The quantitative estimate of drug-likeness (QED) is 0.722. The van der Waals surface area contributed by atoms with Crippen molar-refractivity contribution < 1.29 is 16.8 Å². The minimum Gasteiger partial charge on any atom is -0.298 e. The van der Waals surface area contributed by atoms with Crippen molar-refractivity contribution in [3.8, 4) is 0 Å². The molecule has 0 amide bonds. The van der Waals surface area contributed by atoms with Crippen molar-refractivity contribution in [3.63, 3.8) is 0 Å². The van der Waals surface area contributed by atoms with Gasteiger partial charge in [-0.3, -0.25) is 4.79 Å². The Bertz CT molecular complexity index is 700. The summed E-state index contributed by atoms with van der Waals surface area (Å²) in [6, 6.07) is 6.74. The molecule has 0 bridgehead atoms. The van der Waals surface area contributed by atoms with Crippen LogP contribution >= 0.6 is 22.1 Å². The van der Waals surface area contributed by atoms with Crippen molar-refractivity contribution in [2.24, 2.45) is 5.92 Å². The molecule has 0 radical (unpaired) electrons. The van der Waals surface area contributed by atoms with Crippen molar-refractivity contribution >= 4 is 38.0 Å². The van der Waals surface area contributed by atoms with Crippen LogP contribution in [0.3, 0.4) is 0 Å². The second kappa shape index (κ2) is 8.03. The summed E-state index contributed by atoms with van der Waals surface area (Å²) in [6.45, 7) is 1.92. The molecule has 25 heavy (non-hydrogen) atoms. The van der Waals surface area contributed by atoms with Gasteiger partial charge in [0.2, 0.25) is 0 Å². The van der Waals surface area contributed by atoms with E-state index < -0.39 is 20.4 Å². The second-order valence-corrected chi connectivity index (χ2v) is 13.1. The molecule has 1 aromatic carbocycles. The molecule has 0 N–H and O–H groups in total. The highest BCUT2D eigenvalue weighted by Gasteiger charge is 2.38. The van der Waals surface area contributed by atoms with Crippen LogP contribution in [0, 0.1) is 12.8 Å². The predicted molar refractivity (Wildman–Crippen MR) is 106 cm³/mol. The molecule has 0 aromatic heterocycles. The molecule has 4 nitrogen and oxygen atoms in total. The molecule has 2 fully saturated rings. The highest BCUT2D eigenvalue weighted by atomic mass is 32.3. The highest BCUT2D eigenvalue weighted by molar-refractivity contribution is 8.34. The van der Waals surface area contributed by atoms with Crippen LogP contribution in [0.4, 0.5) is 0 Å². The molecule has 2 aliphatic rings.